The molecule has 0 amide bonds. The van der Waals surface area contributed by atoms with Crippen molar-refractivity contribution in [2.75, 3.05) is 7.11 Å². The van der Waals surface area contributed by atoms with E-state index < -0.39 is 0 Å². The Balaban J connectivity index is 1.92. The van der Waals surface area contributed by atoms with E-state index in [0.717, 1.165) is 37.0 Å². The number of aryl methyl sites for hydroxylation is 1. The molecular weight excluding hydrogens is 319 g/mol. The first kappa shape index (κ1) is 16.8. The molecule has 0 N–H and O–H groups in total. The quantitative estimate of drug-likeness (QED) is 0.398. The Kier molecular flexibility index (Phi) is 6.69. The predicted octanol–water partition coefficient (Wildman–Crippen LogP) is 5.15. The molecule has 0 fully saturated rings. The van der Waals surface area contributed by atoms with Crippen molar-refractivity contribution in [2.45, 2.75) is 25.7 Å². The number of oxime groups is 1. The maximum Gasteiger partial charge on any atom is 0.106 e. The summed E-state index contributed by atoms with van der Waals surface area (Å²) in [5.74, 6) is 0. The molecule has 1 aromatic carbocycles. The Hall–Kier alpha value is -1.58. The second-order valence-corrected chi connectivity index (χ2v) is 5.73. The zero-order valence-corrected chi connectivity index (χ0v) is 13.9. The molecule has 1 aromatic heterocycles. The number of rotatable bonds is 7. The van der Waals surface area contributed by atoms with Gasteiger partial charge in [0, 0.05) is 18.0 Å². The van der Waals surface area contributed by atoms with Crippen LogP contribution in [-0.2, 0) is 11.3 Å². The molecule has 116 valence electrons. The highest BCUT2D eigenvalue weighted by Crippen LogP contribution is 2.24. The first-order valence-electron chi connectivity index (χ1n) is 7.15. The van der Waals surface area contributed by atoms with Crippen LogP contribution in [0.3, 0.4) is 0 Å². The third kappa shape index (κ3) is 5.00. The summed E-state index contributed by atoms with van der Waals surface area (Å²) in [4.78, 5) is 8.97. The van der Waals surface area contributed by atoms with Gasteiger partial charge in [0.25, 0.3) is 0 Å². The van der Waals surface area contributed by atoms with Crippen molar-refractivity contribution < 1.29 is 4.84 Å². The van der Waals surface area contributed by atoms with Gasteiger partial charge in [0.15, 0.2) is 0 Å². The molecule has 3 nitrogen and oxygen atoms in total. The average Bonchev–Trinajstić information content (AvgIpc) is 2.54. The Bertz CT molecular complexity index is 630. The number of unbranched alkanes of at least 4 members (excludes halogenated alkanes) is 1. The van der Waals surface area contributed by atoms with Gasteiger partial charge in [-0.3, -0.25) is 4.98 Å². The van der Waals surface area contributed by atoms with E-state index in [9.17, 15) is 0 Å². The Morgan fingerprint density at radius 3 is 2.55 bits per heavy atom. The van der Waals surface area contributed by atoms with Gasteiger partial charge in [0.1, 0.15) is 7.11 Å². The third-order valence-corrected chi connectivity index (χ3v) is 4.07. The molecule has 0 spiro atoms. The van der Waals surface area contributed by atoms with Crippen LogP contribution in [0.15, 0.2) is 47.9 Å². The van der Waals surface area contributed by atoms with Gasteiger partial charge in [-0.05, 0) is 55.5 Å². The van der Waals surface area contributed by atoms with Crippen molar-refractivity contribution in [3.63, 3.8) is 0 Å². The van der Waals surface area contributed by atoms with Crippen LogP contribution >= 0.6 is 23.2 Å². The van der Waals surface area contributed by atoms with Crippen molar-refractivity contribution >= 4 is 28.9 Å². The van der Waals surface area contributed by atoms with Gasteiger partial charge in [-0.1, -0.05) is 34.4 Å². The summed E-state index contributed by atoms with van der Waals surface area (Å²) in [6.07, 6.45) is 7.60. The van der Waals surface area contributed by atoms with Crippen molar-refractivity contribution in [2.24, 2.45) is 5.16 Å². The van der Waals surface area contributed by atoms with E-state index in [1.54, 1.807) is 13.2 Å². The van der Waals surface area contributed by atoms with E-state index in [1.165, 1.54) is 5.56 Å². The summed E-state index contributed by atoms with van der Waals surface area (Å²) in [5, 5.41) is 5.18. The largest absolute Gasteiger partial charge is 0.399 e. The minimum absolute atomic E-state index is 0.528. The lowest BCUT2D eigenvalue weighted by atomic mass is 10.0. The fourth-order valence-electron chi connectivity index (χ4n) is 2.20. The summed E-state index contributed by atoms with van der Waals surface area (Å²) in [5.41, 5.74) is 3.13. The van der Waals surface area contributed by atoms with Gasteiger partial charge in [-0.15, -0.1) is 0 Å². The van der Waals surface area contributed by atoms with Crippen LogP contribution in [0, 0.1) is 0 Å². The summed E-state index contributed by atoms with van der Waals surface area (Å²) >= 11 is 12.0. The molecule has 2 aromatic rings. The molecular formula is C17H18Cl2N2O. The Labute approximate surface area is 140 Å². The van der Waals surface area contributed by atoms with Gasteiger partial charge >= 0.3 is 0 Å². The van der Waals surface area contributed by atoms with Crippen molar-refractivity contribution in [1.29, 1.82) is 0 Å². The maximum atomic E-state index is 6.07. The zero-order valence-electron chi connectivity index (χ0n) is 12.4. The lowest BCUT2D eigenvalue weighted by Crippen LogP contribution is -2.02. The monoisotopic (exact) mass is 336 g/mol. The third-order valence-electron chi connectivity index (χ3n) is 3.33. The van der Waals surface area contributed by atoms with Crippen LogP contribution in [-0.4, -0.2) is 17.8 Å². The van der Waals surface area contributed by atoms with E-state index >= 15 is 0 Å². The number of aromatic nitrogens is 1. The molecule has 1 heterocycles. The molecule has 0 radical (unpaired) electrons. The van der Waals surface area contributed by atoms with Crippen LogP contribution < -0.4 is 0 Å². The number of halogens is 2. The second kappa shape index (κ2) is 8.76. The van der Waals surface area contributed by atoms with Crippen molar-refractivity contribution in [3.8, 4) is 0 Å². The lowest BCUT2D eigenvalue weighted by molar-refractivity contribution is 0.212. The first-order chi connectivity index (χ1) is 10.7. The number of pyridine rings is 1. The summed E-state index contributed by atoms with van der Waals surface area (Å²) in [7, 11) is 1.55. The second-order valence-electron chi connectivity index (χ2n) is 4.91. The molecule has 0 aliphatic heterocycles. The Morgan fingerprint density at radius 1 is 1.09 bits per heavy atom. The summed E-state index contributed by atoms with van der Waals surface area (Å²) < 4.78 is 0. The molecule has 0 saturated carbocycles. The van der Waals surface area contributed by atoms with Crippen LogP contribution in [0.4, 0.5) is 0 Å². The number of hydrogen-bond acceptors (Lipinski definition) is 3. The Morgan fingerprint density at radius 2 is 1.86 bits per heavy atom. The van der Waals surface area contributed by atoms with E-state index in [-0.39, 0.29) is 0 Å². The molecule has 5 heteroatoms. The summed E-state index contributed by atoms with van der Waals surface area (Å²) in [6, 6.07) is 9.60. The number of nitrogens with zero attached hydrogens (tertiary/aromatic N) is 2. The summed E-state index contributed by atoms with van der Waals surface area (Å²) in [6.45, 7) is 0. The smallest absolute Gasteiger partial charge is 0.106 e. The van der Waals surface area contributed by atoms with Gasteiger partial charge in [-0.2, -0.15) is 0 Å². The van der Waals surface area contributed by atoms with Gasteiger partial charge in [0.05, 0.1) is 15.8 Å². The van der Waals surface area contributed by atoms with E-state index in [4.69, 9.17) is 28.0 Å². The van der Waals surface area contributed by atoms with E-state index in [2.05, 4.69) is 10.1 Å². The normalized spacial score (nSPS) is 11.5. The van der Waals surface area contributed by atoms with Crippen LogP contribution in [0.5, 0.6) is 0 Å². The van der Waals surface area contributed by atoms with E-state index in [1.807, 2.05) is 36.7 Å². The fraction of sp³-hybridized carbons (Fsp3) is 0.294. The van der Waals surface area contributed by atoms with Crippen LogP contribution in [0.25, 0.3) is 0 Å². The lowest BCUT2D eigenvalue weighted by Gasteiger charge is -2.07. The molecule has 0 saturated heterocycles. The number of benzene rings is 1. The maximum absolute atomic E-state index is 6.07. The van der Waals surface area contributed by atoms with E-state index in [0.29, 0.717) is 10.0 Å². The molecule has 0 aliphatic carbocycles. The molecule has 22 heavy (non-hydrogen) atoms. The SMILES string of the molecule is CO/N=C(/CCCCc1ccncc1)c1ccc(Cl)c(Cl)c1. The number of hydrogen-bond donors (Lipinski definition) is 0. The minimum atomic E-state index is 0.528. The van der Waals surface area contributed by atoms with Crippen LogP contribution in [0.1, 0.15) is 30.4 Å². The fourth-order valence-corrected chi connectivity index (χ4v) is 2.50. The van der Waals surface area contributed by atoms with Crippen molar-refractivity contribution in [1.82, 2.24) is 4.98 Å². The van der Waals surface area contributed by atoms with Gasteiger partial charge < -0.3 is 4.84 Å². The molecule has 0 bridgehead atoms. The highest BCUT2D eigenvalue weighted by molar-refractivity contribution is 6.42. The average molecular weight is 337 g/mol. The van der Waals surface area contributed by atoms with Gasteiger partial charge in [0.2, 0.25) is 0 Å². The standard InChI is InChI=1S/C17H18Cl2N2O/c1-22-21-17(14-6-7-15(18)16(19)12-14)5-3-2-4-13-8-10-20-11-9-13/h6-12H,2-5H2,1H3/b21-17-. The predicted molar refractivity (Wildman–Crippen MR) is 91.8 cm³/mol. The molecule has 0 atom stereocenters. The molecule has 0 aliphatic rings. The van der Waals surface area contributed by atoms with Crippen LogP contribution in [0.2, 0.25) is 10.0 Å². The topological polar surface area (TPSA) is 34.5 Å². The van der Waals surface area contributed by atoms with Gasteiger partial charge in [-0.25, -0.2) is 0 Å². The molecule has 0 unspecified atom stereocenters. The molecule has 2 rings (SSSR count). The first-order valence-corrected chi connectivity index (χ1v) is 7.90. The highest BCUT2D eigenvalue weighted by atomic mass is 35.5. The van der Waals surface area contributed by atoms with Crippen molar-refractivity contribution in [3.05, 3.63) is 63.9 Å². The highest BCUT2D eigenvalue weighted by Gasteiger charge is 2.07. The minimum Gasteiger partial charge on any atom is -0.399 e. The zero-order chi connectivity index (χ0) is 15.8.